The molecule has 0 saturated carbocycles. The van der Waals surface area contributed by atoms with Crippen molar-refractivity contribution in [1.82, 2.24) is 15.2 Å². The summed E-state index contributed by atoms with van der Waals surface area (Å²) in [7, 11) is 0. The van der Waals surface area contributed by atoms with Crippen LogP contribution < -0.4 is 15.5 Å². The Bertz CT molecular complexity index is 778. The van der Waals surface area contributed by atoms with E-state index < -0.39 is 0 Å². The van der Waals surface area contributed by atoms with E-state index in [2.05, 4.69) is 25.4 Å². The van der Waals surface area contributed by atoms with E-state index in [0.717, 1.165) is 44.1 Å². The molecule has 1 aromatic heterocycles. The summed E-state index contributed by atoms with van der Waals surface area (Å²) in [5.41, 5.74) is 1.50. The van der Waals surface area contributed by atoms with E-state index in [0.29, 0.717) is 5.69 Å². The van der Waals surface area contributed by atoms with Crippen molar-refractivity contribution in [2.45, 2.75) is 32.9 Å². The number of hydrogen-bond donors (Lipinski definition) is 2. The number of rotatable bonds is 4. The highest BCUT2D eigenvalue weighted by atomic mass is 19.1. The lowest BCUT2D eigenvalue weighted by atomic mass is 10.1. The van der Waals surface area contributed by atoms with Gasteiger partial charge in [-0.25, -0.2) is 14.2 Å². The van der Waals surface area contributed by atoms with E-state index >= 15 is 0 Å². The fourth-order valence-electron chi connectivity index (χ4n) is 3.13. The van der Waals surface area contributed by atoms with Crippen LogP contribution in [0.1, 0.15) is 26.3 Å². The Hall–Kier alpha value is -2.67. The Morgan fingerprint density at radius 3 is 2.32 bits per heavy atom. The second kappa shape index (κ2) is 8.56. The van der Waals surface area contributed by atoms with Crippen molar-refractivity contribution in [3.8, 4) is 0 Å². The van der Waals surface area contributed by atoms with Crippen LogP contribution in [0.15, 0.2) is 42.6 Å². The summed E-state index contributed by atoms with van der Waals surface area (Å²) in [6.07, 6.45) is 1.68. The SMILES string of the molecule is CC(C)(C)NC(=O)Nc1ccc(N2CCN(Cc3ccc(F)cc3)CC2)nc1. The molecule has 1 aliphatic heterocycles. The number of carbonyl (C=O) groups excluding carboxylic acids is 1. The minimum atomic E-state index is -0.287. The molecule has 0 radical (unpaired) electrons. The molecule has 0 bridgehead atoms. The smallest absolute Gasteiger partial charge is 0.319 e. The molecule has 0 atom stereocenters. The maximum absolute atomic E-state index is 13.0. The van der Waals surface area contributed by atoms with Gasteiger partial charge < -0.3 is 15.5 Å². The molecular formula is C21H28FN5O. The minimum absolute atomic E-state index is 0.200. The molecule has 0 spiro atoms. The average Bonchev–Trinajstić information content (AvgIpc) is 2.63. The van der Waals surface area contributed by atoms with Gasteiger partial charge in [-0.2, -0.15) is 0 Å². The average molecular weight is 385 g/mol. The fraction of sp³-hybridized carbons (Fsp3) is 0.429. The van der Waals surface area contributed by atoms with Crippen molar-refractivity contribution < 1.29 is 9.18 Å². The number of pyridine rings is 1. The normalized spacial score (nSPS) is 15.4. The van der Waals surface area contributed by atoms with E-state index in [1.165, 1.54) is 12.1 Å². The van der Waals surface area contributed by atoms with Gasteiger partial charge in [-0.15, -0.1) is 0 Å². The number of halogens is 1. The zero-order valence-electron chi connectivity index (χ0n) is 16.7. The maximum atomic E-state index is 13.0. The molecule has 3 rings (SSSR count). The number of anilines is 2. The highest BCUT2D eigenvalue weighted by Gasteiger charge is 2.18. The summed E-state index contributed by atoms with van der Waals surface area (Å²) in [6.45, 7) is 10.2. The largest absolute Gasteiger partial charge is 0.354 e. The highest BCUT2D eigenvalue weighted by molar-refractivity contribution is 5.89. The van der Waals surface area contributed by atoms with Gasteiger partial charge in [-0.05, 0) is 50.6 Å². The molecule has 28 heavy (non-hydrogen) atoms. The second-order valence-electron chi connectivity index (χ2n) is 8.12. The number of amides is 2. The summed E-state index contributed by atoms with van der Waals surface area (Å²) < 4.78 is 13.0. The number of aromatic nitrogens is 1. The molecule has 1 aliphatic rings. The number of nitrogens with one attached hydrogen (secondary N) is 2. The zero-order chi connectivity index (χ0) is 20.1. The molecule has 2 N–H and O–H groups in total. The van der Waals surface area contributed by atoms with Gasteiger partial charge in [-0.3, -0.25) is 4.90 Å². The topological polar surface area (TPSA) is 60.5 Å². The zero-order valence-corrected chi connectivity index (χ0v) is 16.7. The summed E-state index contributed by atoms with van der Waals surface area (Å²) in [5.74, 6) is 0.705. The Kier molecular flexibility index (Phi) is 6.14. The third-order valence-electron chi connectivity index (χ3n) is 4.51. The lowest BCUT2D eigenvalue weighted by molar-refractivity contribution is 0.244. The molecule has 1 saturated heterocycles. The van der Waals surface area contributed by atoms with E-state index in [1.54, 1.807) is 6.20 Å². The second-order valence-corrected chi connectivity index (χ2v) is 8.12. The summed E-state index contributed by atoms with van der Waals surface area (Å²) >= 11 is 0. The summed E-state index contributed by atoms with van der Waals surface area (Å²) in [5, 5.41) is 5.66. The van der Waals surface area contributed by atoms with E-state index in [1.807, 2.05) is 45.0 Å². The van der Waals surface area contributed by atoms with Gasteiger partial charge in [0.25, 0.3) is 0 Å². The van der Waals surface area contributed by atoms with Crippen LogP contribution in [-0.4, -0.2) is 47.6 Å². The van der Waals surface area contributed by atoms with Gasteiger partial charge in [0.15, 0.2) is 0 Å². The molecule has 1 aromatic carbocycles. The Balaban J connectivity index is 1.49. The molecule has 2 aromatic rings. The molecular weight excluding hydrogens is 357 g/mol. The Morgan fingerprint density at radius 1 is 1.07 bits per heavy atom. The predicted octanol–water partition coefficient (Wildman–Crippen LogP) is 3.46. The Labute approximate surface area is 165 Å². The standard InChI is InChI=1S/C21H28FN5O/c1-21(2,3)25-20(28)24-18-8-9-19(23-14-18)27-12-10-26(11-13-27)15-16-4-6-17(22)7-5-16/h4-9,14H,10-13,15H2,1-3H3,(H2,24,25,28). The van der Waals surface area contributed by atoms with Gasteiger partial charge in [-0.1, -0.05) is 12.1 Å². The van der Waals surface area contributed by atoms with Gasteiger partial charge in [0.1, 0.15) is 11.6 Å². The monoisotopic (exact) mass is 385 g/mol. The van der Waals surface area contributed by atoms with Crippen LogP contribution in [0.5, 0.6) is 0 Å². The van der Waals surface area contributed by atoms with Crippen LogP contribution in [0.25, 0.3) is 0 Å². The molecule has 2 heterocycles. The molecule has 0 aliphatic carbocycles. The molecule has 0 unspecified atom stereocenters. The van der Waals surface area contributed by atoms with E-state index in [4.69, 9.17) is 0 Å². The first-order valence-electron chi connectivity index (χ1n) is 9.55. The predicted molar refractivity (Wildman–Crippen MR) is 110 cm³/mol. The Morgan fingerprint density at radius 2 is 1.75 bits per heavy atom. The lowest BCUT2D eigenvalue weighted by Gasteiger charge is -2.35. The number of benzene rings is 1. The summed E-state index contributed by atoms with van der Waals surface area (Å²) in [4.78, 5) is 21.0. The fourth-order valence-corrected chi connectivity index (χ4v) is 3.13. The van der Waals surface area contributed by atoms with Crippen LogP contribution in [0.3, 0.4) is 0 Å². The van der Waals surface area contributed by atoms with Crippen molar-refractivity contribution in [2.24, 2.45) is 0 Å². The van der Waals surface area contributed by atoms with Crippen LogP contribution >= 0.6 is 0 Å². The van der Waals surface area contributed by atoms with Crippen molar-refractivity contribution in [3.05, 3.63) is 54.0 Å². The number of piperazine rings is 1. The molecule has 6 nitrogen and oxygen atoms in total. The van der Waals surface area contributed by atoms with Crippen molar-refractivity contribution in [2.75, 3.05) is 36.4 Å². The highest BCUT2D eigenvalue weighted by Crippen LogP contribution is 2.17. The number of urea groups is 1. The number of nitrogens with zero attached hydrogens (tertiary/aromatic N) is 3. The van der Waals surface area contributed by atoms with E-state index in [9.17, 15) is 9.18 Å². The summed E-state index contributed by atoms with van der Waals surface area (Å²) in [6, 6.07) is 10.3. The van der Waals surface area contributed by atoms with E-state index in [-0.39, 0.29) is 17.4 Å². The first-order valence-corrected chi connectivity index (χ1v) is 9.55. The van der Waals surface area contributed by atoms with Crippen LogP contribution in [-0.2, 0) is 6.54 Å². The molecule has 150 valence electrons. The van der Waals surface area contributed by atoms with Crippen LogP contribution in [0.4, 0.5) is 20.7 Å². The van der Waals surface area contributed by atoms with Gasteiger partial charge in [0, 0.05) is 38.3 Å². The third-order valence-corrected chi connectivity index (χ3v) is 4.51. The first kappa shape index (κ1) is 20.1. The van der Waals surface area contributed by atoms with Crippen molar-refractivity contribution >= 4 is 17.5 Å². The van der Waals surface area contributed by atoms with Gasteiger partial charge in [0.2, 0.25) is 0 Å². The van der Waals surface area contributed by atoms with Crippen LogP contribution in [0, 0.1) is 5.82 Å². The van der Waals surface area contributed by atoms with Crippen molar-refractivity contribution in [1.29, 1.82) is 0 Å². The van der Waals surface area contributed by atoms with Crippen LogP contribution in [0.2, 0.25) is 0 Å². The first-order chi connectivity index (χ1) is 13.3. The minimum Gasteiger partial charge on any atom is -0.354 e. The lowest BCUT2D eigenvalue weighted by Crippen LogP contribution is -2.46. The molecule has 2 amide bonds. The molecule has 1 fully saturated rings. The number of hydrogen-bond acceptors (Lipinski definition) is 4. The number of carbonyl (C=O) groups is 1. The van der Waals surface area contributed by atoms with Gasteiger partial charge in [0.05, 0.1) is 11.9 Å². The van der Waals surface area contributed by atoms with Crippen molar-refractivity contribution in [3.63, 3.8) is 0 Å². The molecule has 7 heteroatoms. The third kappa shape index (κ3) is 5.92. The van der Waals surface area contributed by atoms with Gasteiger partial charge >= 0.3 is 6.03 Å². The quantitative estimate of drug-likeness (QED) is 0.846. The maximum Gasteiger partial charge on any atom is 0.319 e.